The number of methoxy groups -OCH3 is 1. The van der Waals surface area contributed by atoms with Crippen molar-refractivity contribution in [3.05, 3.63) is 17.8 Å². The minimum atomic E-state index is -1.89. The number of anilines is 1. The van der Waals surface area contributed by atoms with Crippen molar-refractivity contribution in [1.29, 1.82) is 0 Å². The van der Waals surface area contributed by atoms with Crippen LogP contribution in [-0.4, -0.2) is 60.8 Å². The van der Waals surface area contributed by atoms with Crippen molar-refractivity contribution in [3.8, 4) is 11.5 Å². The van der Waals surface area contributed by atoms with Gasteiger partial charge in [0.15, 0.2) is 10.8 Å². The Morgan fingerprint density at radius 3 is 2.29 bits per heavy atom. The van der Waals surface area contributed by atoms with Crippen molar-refractivity contribution in [2.45, 2.75) is 69.4 Å². The monoisotopic (exact) mass is 460 g/mol. The Kier molecular flexibility index (Phi) is 9.31. The van der Waals surface area contributed by atoms with E-state index >= 15 is 0 Å². The van der Waals surface area contributed by atoms with E-state index in [4.69, 9.17) is 4.74 Å². The number of pyridine rings is 1. The second-order valence-corrected chi connectivity index (χ2v) is 15.1. The molecule has 0 saturated heterocycles. The molecule has 0 bridgehead atoms. The van der Waals surface area contributed by atoms with E-state index in [1.165, 1.54) is 11.8 Å². The maximum absolute atomic E-state index is 9.65. The van der Waals surface area contributed by atoms with E-state index in [1.807, 2.05) is 18.5 Å². The molecule has 8 heteroatoms. The number of aliphatic hydroxyl groups is 1. The van der Waals surface area contributed by atoms with Crippen LogP contribution in [0.1, 0.15) is 47.1 Å². The Hall–Kier alpha value is -1.66. The largest absolute Gasteiger partial charge is 0.394 e. The Labute approximate surface area is 192 Å². The van der Waals surface area contributed by atoms with Gasteiger partial charge in [-0.25, -0.2) is 15.0 Å². The quantitative estimate of drug-likeness (QED) is 0.242. The van der Waals surface area contributed by atoms with Crippen molar-refractivity contribution >= 4 is 36.7 Å². The zero-order valence-electron chi connectivity index (χ0n) is 20.0. The summed E-state index contributed by atoms with van der Waals surface area (Å²) in [4.78, 5) is 13.7. The van der Waals surface area contributed by atoms with Crippen molar-refractivity contribution in [1.82, 2.24) is 15.0 Å². The Balaban J connectivity index is 2.67. The molecule has 1 atom stereocenters. The Morgan fingerprint density at radius 2 is 1.77 bits per heavy atom. The third-order valence-corrected chi connectivity index (χ3v) is 12.8. The van der Waals surface area contributed by atoms with Crippen LogP contribution < -0.4 is 5.32 Å². The highest BCUT2D eigenvalue weighted by Crippen LogP contribution is 2.40. The van der Waals surface area contributed by atoms with Crippen molar-refractivity contribution in [2.24, 2.45) is 0 Å². The number of hydrogen-bond donors (Lipinski definition) is 2. The molecule has 2 aromatic heterocycles. The summed E-state index contributed by atoms with van der Waals surface area (Å²) in [6.45, 7) is 14.2. The second-order valence-electron chi connectivity index (χ2n) is 8.78. The van der Waals surface area contributed by atoms with Gasteiger partial charge in [0.2, 0.25) is 0 Å². The van der Waals surface area contributed by atoms with Gasteiger partial charge < -0.3 is 15.2 Å². The third-order valence-electron chi connectivity index (χ3n) is 5.95. The predicted molar refractivity (Wildman–Crippen MR) is 133 cm³/mol. The van der Waals surface area contributed by atoms with E-state index in [0.717, 1.165) is 10.9 Å². The van der Waals surface area contributed by atoms with Crippen LogP contribution in [0.4, 0.5) is 5.82 Å². The lowest BCUT2D eigenvalue weighted by Crippen LogP contribution is -2.43. The number of fused-ring (bicyclic) bond motifs is 1. The molecule has 0 amide bonds. The first-order chi connectivity index (χ1) is 14.7. The molecule has 31 heavy (non-hydrogen) atoms. The number of nitrogens with zero attached hydrogens (tertiary/aromatic N) is 3. The maximum Gasteiger partial charge on any atom is 0.189 e. The summed E-state index contributed by atoms with van der Waals surface area (Å²) < 4.78 is 5.19. The van der Waals surface area contributed by atoms with Crippen LogP contribution in [0.2, 0.25) is 16.6 Å². The van der Waals surface area contributed by atoms with E-state index in [1.54, 1.807) is 7.11 Å². The van der Waals surface area contributed by atoms with Gasteiger partial charge in [-0.05, 0) is 28.9 Å². The van der Waals surface area contributed by atoms with Gasteiger partial charge in [0.05, 0.1) is 24.6 Å². The van der Waals surface area contributed by atoms with Crippen LogP contribution in [0.25, 0.3) is 11.0 Å². The lowest BCUT2D eigenvalue weighted by atomic mass is 10.2. The number of thioether (sulfide) groups is 1. The first-order valence-electron chi connectivity index (χ1n) is 10.8. The molecule has 6 nitrogen and oxygen atoms in total. The van der Waals surface area contributed by atoms with Gasteiger partial charge in [-0.1, -0.05) is 59.2 Å². The molecule has 0 spiro atoms. The van der Waals surface area contributed by atoms with E-state index in [-0.39, 0.29) is 12.6 Å². The molecular weight excluding hydrogens is 424 g/mol. The molecule has 0 saturated carbocycles. The first kappa shape index (κ1) is 25.6. The smallest absolute Gasteiger partial charge is 0.189 e. The van der Waals surface area contributed by atoms with Gasteiger partial charge in [-0.15, -0.1) is 5.54 Å². The fourth-order valence-corrected chi connectivity index (χ4v) is 9.98. The fourth-order valence-electron chi connectivity index (χ4n) is 4.43. The summed E-state index contributed by atoms with van der Waals surface area (Å²) in [5.41, 5.74) is 6.90. The lowest BCUT2D eigenvalue weighted by Gasteiger charge is -2.38. The summed E-state index contributed by atoms with van der Waals surface area (Å²) in [5, 5.41) is 14.4. The normalized spacial score (nSPS) is 13.0. The molecule has 2 heterocycles. The van der Waals surface area contributed by atoms with E-state index in [2.05, 4.69) is 73.3 Å². The highest BCUT2D eigenvalue weighted by molar-refractivity contribution is 7.98. The van der Waals surface area contributed by atoms with Gasteiger partial charge in [0.1, 0.15) is 13.9 Å². The molecule has 1 unspecified atom stereocenters. The minimum absolute atomic E-state index is 0.0571. The Morgan fingerprint density at radius 1 is 1.13 bits per heavy atom. The van der Waals surface area contributed by atoms with E-state index in [0.29, 0.717) is 39.9 Å². The second kappa shape index (κ2) is 11.3. The maximum atomic E-state index is 9.65. The molecular formula is C23H36N4O2SSi. The average molecular weight is 461 g/mol. The number of ether oxygens (including phenoxy) is 1. The summed E-state index contributed by atoms with van der Waals surface area (Å²) in [6.07, 6.45) is 3.76. The van der Waals surface area contributed by atoms with Crippen molar-refractivity contribution < 1.29 is 9.84 Å². The zero-order chi connectivity index (χ0) is 23.2. The molecule has 0 fully saturated rings. The number of rotatable bonds is 9. The number of hydrogen-bond acceptors (Lipinski definition) is 7. The van der Waals surface area contributed by atoms with Gasteiger partial charge in [-0.3, -0.25) is 0 Å². The standard InChI is InChI=1S/C23H36N4O2SSi/c1-15(2)31(16(3)4,17(5)6)10-9-18-11-21(25-19(13-28)14-29-7)26-22-20(18)12-24-23(27-22)30-8/h11-12,15-17,19,28H,13-14H2,1-8H3,(H,24,25,26,27). The molecule has 2 rings (SSSR count). The molecule has 0 aliphatic rings. The molecule has 0 aromatic carbocycles. The fraction of sp³-hybridized carbons (Fsp3) is 0.609. The molecule has 0 aliphatic carbocycles. The van der Waals surface area contributed by atoms with Gasteiger partial charge in [0.25, 0.3) is 0 Å². The van der Waals surface area contributed by atoms with Gasteiger partial charge in [0, 0.05) is 18.9 Å². The van der Waals surface area contributed by atoms with Crippen LogP contribution in [0.3, 0.4) is 0 Å². The zero-order valence-corrected chi connectivity index (χ0v) is 21.8. The minimum Gasteiger partial charge on any atom is -0.394 e. The van der Waals surface area contributed by atoms with Crippen LogP contribution in [-0.2, 0) is 4.74 Å². The summed E-state index contributed by atoms with van der Waals surface area (Å²) in [7, 11) is -0.279. The molecule has 0 aliphatic heterocycles. The highest BCUT2D eigenvalue weighted by Gasteiger charge is 2.41. The molecule has 0 radical (unpaired) electrons. The number of aliphatic hydroxyl groups excluding tert-OH is 1. The van der Waals surface area contributed by atoms with Crippen molar-refractivity contribution in [2.75, 3.05) is 31.9 Å². The summed E-state index contributed by atoms with van der Waals surface area (Å²) in [6, 6.07) is 1.68. The van der Waals surface area contributed by atoms with E-state index in [9.17, 15) is 5.11 Å². The average Bonchev–Trinajstić information content (AvgIpc) is 2.72. The highest BCUT2D eigenvalue weighted by atomic mass is 32.2. The van der Waals surface area contributed by atoms with Crippen LogP contribution in [0.5, 0.6) is 0 Å². The lowest BCUT2D eigenvalue weighted by molar-refractivity contribution is 0.153. The third kappa shape index (κ3) is 5.78. The summed E-state index contributed by atoms with van der Waals surface area (Å²) >= 11 is 1.48. The number of nitrogens with one attached hydrogen (secondary N) is 1. The van der Waals surface area contributed by atoms with E-state index < -0.39 is 8.07 Å². The van der Waals surface area contributed by atoms with Crippen LogP contribution in [0.15, 0.2) is 17.4 Å². The molecule has 2 aromatic rings. The topological polar surface area (TPSA) is 80.2 Å². The predicted octanol–water partition coefficient (Wildman–Crippen LogP) is 4.74. The molecule has 2 N–H and O–H groups in total. The SMILES string of the molecule is COCC(CO)Nc1cc(C#C[Si](C(C)C)(C(C)C)C(C)C)c2cnc(SC)nc2n1. The Bertz CT molecular complexity index is 919. The number of aromatic nitrogens is 3. The van der Waals surface area contributed by atoms with Gasteiger partial charge in [-0.2, -0.15) is 0 Å². The van der Waals surface area contributed by atoms with Crippen molar-refractivity contribution in [3.63, 3.8) is 0 Å². The summed E-state index contributed by atoms with van der Waals surface area (Å²) in [5.74, 6) is 4.15. The first-order valence-corrected chi connectivity index (χ1v) is 14.3. The van der Waals surface area contributed by atoms with Gasteiger partial charge >= 0.3 is 0 Å². The van der Waals surface area contributed by atoms with Crippen LogP contribution >= 0.6 is 11.8 Å². The van der Waals surface area contributed by atoms with Crippen LogP contribution in [0, 0.1) is 11.5 Å². The molecule has 170 valence electrons.